The van der Waals surface area contributed by atoms with E-state index in [-0.39, 0.29) is 21.8 Å². The van der Waals surface area contributed by atoms with Crippen LogP contribution >= 0.6 is 11.6 Å². The highest BCUT2D eigenvalue weighted by molar-refractivity contribution is 7.95. The summed E-state index contributed by atoms with van der Waals surface area (Å²) in [6.07, 6.45) is 0.128. The Morgan fingerprint density at radius 3 is 2.17 bits per heavy atom. The summed E-state index contributed by atoms with van der Waals surface area (Å²) >= 11 is 5.69. The van der Waals surface area contributed by atoms with E-state index in [4.69, 9.17) is 16.7 Å². The first-order valence-electron chi connectivity index (χ1n) is 5.24. The summed E-state index contributed by atoms with van der Waals surface area (Å²) in [7, 11) is -3.77. The summed E-state index contributed by atoms with van der Waals surface area (Å²) in [5, 5.41) is 9.32. The van der Waals surface area contributed by atoms with Gasteiger partial charge in [-0.1, -0.05) is 18.5 Å². The fourth-order valence-corrected chi connectivity index (χ4v) is 3.31. The van der Waals surface area contributed by atoms with Gasteiger partial charge in [-0.15, -0.1) is 0 Å². The Labute approximate surface area is 111 Å². The van der Waals surface area contributed by atoms with Gasteiger partial charge in [0.15, 0.2) is 0 Å². The Hall–Kier alpha value is -1.33. The highest BCUT2D eigenvalue weighted by Gasteiger charge is 2.23. The van der Waals surface area contributed by atoms with Crippen LogP contribution in [0.15, 0.2) is 39.6 Å². The number of sulfone groups is 1. The lowest BCUT2D eigenvalue weighted by Crippen LogP contribution is -2.10. The normalized spacial score (nSPS) is 13.1. The lowest BCUT2D eigenvalue weighted by atomic mass is 10.2. The number of hydrogen-bond donors (Lipinski definition) is 1. The number of hydrogen-bond acceptors (Lipinski definition) is 3. The average Bonchev–Trinajstić information content (AvgIpc) is 2.29. The van der Waals surface area contributed by atoms with Gasteiger partial charge in [-0.05, 0) is 37.6 Å². The van der Waals surface area contributed by atoms with E-state index in [0.717, 1.165) is 0 Å². The molecule has 4 nitrogen and oxygen atoms in total. The van der Waals surface area contributed by atoms with Gasteiger partial charge in [0, 0.05) is 10.6 Å². The van der Waals surface area contributed by atoms with Crippen LogP contribution in [0.1, 0.15) is 20.3 Å². The molecule has 0 atom stereocenters. The van der Waals surface area contributed by atoms with Gasteiger partial charge in [0.25, 0.3) is 0 Å². The monoisotopic (exact) mass is 288 g/mol. The zero-order chi connectivity index (χ0) is 13.9. The summed E-state index contributed by atoms with van der Waals surface area (Å²) in [5.74, 6) is -1.23. The van der Waals surface area contributed by atoms with Crippen LogP contribution in [0.2, 0.25) is 5.02 Å². The van der Waals surface area contributed by atoms with Crippen LogP contribution in [-0.4, -0.2) is 19.5 Å². The van der Waals surface area contributed by atoms with Crippen LogP contribution in [0.5, 0.6) is 0 Å². The number of carboxylic acids is 1. The molecule has 18 heavy (non-hydrogen) atoms. The highest BCUT2D eigenvalue weighted by atomic mass is 35.5. The third kappa shape index (κ3) is 2.91. The van der Waals surface area contributed by atoms with Crippen LogP contribution in [0.4, 0.5) is 0 Å². The van der Waals surface area contributed by atoms with Crippen LogP contribution in [0, 0.1) is 0 Å². The van der Waals surface area contributed by atoms with E-state index in [2.05, 4.69) is 0 Å². The zero-order valence-corrected chi connectivity index (χ0v) is 11.5. The number of aliphatic carboxylic acids is 1. The molecule has 0 saturated heterocycles. The largest absolute Gasteiger partial charge is 0.478 e. The third-order valence-electron chi connectivity index (χ3n) is 2.51. The molecule has 0 saturated carbocycles. The standard InChI is InChI=1S/C12H13ClO4S/c1-3-11(8(2)12(14)15)18(16,17)10-6-4-9(13)5-7-10/h4-7H,3H2,1-2H3,(H,14,15)/b11-8+. The predicted molar refractivity (Wildman–Crippen MR) is 69.3 cm³/mol. The first kappa shape index (κ1) is 14.7. The highest BCUT2D eigenvalue weighted by Crippen LogP contribution is 2.25. The molecule has 0 radical (unpaired) electrons. The molecular weight excluding hydrogens is 276 g/mol. The van der Waals surface area contributed by atoms with Crippen molar-refractivity contribution in [3.63, 3.8) is 0 Å². The fourth-order valence-electron chi connectivity index (χ4n) is 1.53. The number of allylic oxidation sites excluding steroid dienone is 1. The molecule has 0 aliphatic rings. The molecule has 6 heteroatoms. The average molecular weight is 289 g/mol. The lowest BCUT2D eigenvalue weighted by Gasteiger charge is -2.09. The maximum Gasteiger partial charge on any atom is 0.332 e. The van der Waals surface area contributed by atoms with Crippen molar-refractivity contribution in [2.75, 3.05) is 0 Å². The Balaban J connectivity index is 3.41. The van der Waals surface area contributed by atoms with Gasteiger partial charge in [-0.2, -0.15) is 0 Å². The smallest absolute Gasteiger partial charge is 0.332 e. The molecule has 0 amide bonds. The molecule has 0 aliphatic heterocycles. The first-order chi connectivity index (χ1) is 8.30. The molecule has 0 fully saturated rings. The van der Waals surface area contributed by atoms with E-state index in [1.54, 1.807) is 6.92 Å². The maximum absolute atomic E-state index is 12.3. The number of carboxylic acid groups (broad SMARTS) is 1. The molecule has 1 aromatic rings. The molecule has 0 aromatic heterocycles. The predicted octanol–water partition coefficient (Wildman–Crippen LogP) is 2.88. The van der Waals surface area contributed by atoms with Crippen molar-refractivity contribution >= 4 is 27.4 Å². The van der Waals surface area contributed by atoms with Gasteiger partial charge in [0.2, 0.25) is 9.84 Å². The van der Waals surface area contributed by atoms with Crippen molar-refractivity contribution in [2.24, 2.45) is 0 Å². The third-order valence-corrected chi connectivity index (χ3v) is 4.90. The van der Waals surface area contributed by atoms with Crippen LogP contribution in [0.25, 0.3) is 0 Å². The number of rotatable bonds is 4. The molecule has 1 rings (SSSR count). The van der Waals surface area contributed by atoms with E-state index in [1.165, 1.54) is 31.2 Å². The van der Waals surface area contributed by atoms with Gasteiger partial charge < -0.3 is 5.11 Å². The lowest BCUT2D eigenvalue weighted by molar-refractivity contribution is -0.132. The summed E-state index contributed by atoms with van der Waals surface area (Å²) in [6, 6.07) is 5.64. The summed E-state index contributed by atoms with van der Waals surface area (Å²) < 4.78 is 24.5. The maximum atomic E-state index is 12.3. The number of carbonyl (C=O) groups is 1. The molecule has 0 heterocycles. The van der Waals surface area contributed by atoms with Crippen molar-refractivity contribution in [2.45, 2.75) is 25.2 Å². The summed E-state index contributed by atoms with van der Waals surface area (Å²) in [4.78, 5) is 10.8. The quantitative estimate of drug-likeness (QED) is 0.865. The Bertz CT molecular complexity index is 585. The second-order valence-corrected chi connectivity index (χ2v) is 6.07. The Kier molecular flexibility index (Phi) is 4.53. The topological polar surface area (TPSA) is 71.4 Å². The minimum Gasteiger partial charge on any atom is -0.478 e. The summed E-state index contributed by atoms with van der Waals surface area (Å²) in [5.41, 5.74) is -0.160. The van der Waals surface area contributed by atoms with E-state index >= 15 is 0 Å². The van der Waals surface area contributed by atoms with Crippen molar-refractivity contribution in [1.29, 1.82) is 0 Å². The van der Waals surface area contributed by atoms with Crippen molar-refractivity contribution in [3.05, 3.63) is 39.8 Å². The molecule has 1 N–H and O–H groups in total. The van der Waals surface area contributed by atoms with Gasteiger partial charge in [0.1, 0.15) is 0 Å². The van der Waals surface area contributed by atoms with E-state index in [1.807, 2.05) is 0 Å². The fraction of sp³-hybridized carbons (Fsp3) is 0.250. The molecule has 0 spiro atoms. The van der Waals surface area contributed by atoms with E-state index in [9.17, 15) is 13.2 Å². The van der Waals surface area contributed by atoms with Crippen molar-refractivity contribution < 1.29 is 18.3 Å². The zero-order valence-electron chi connectivity index (χ0n) is 9.97. The Morgan fingerprint density at radius 1 is 1.28 bits per heavy atom. The first-order valence-corrected chi connectivity index (χ1v) is 7.10. The van der Waals surface area contributed by atoms with Crippen LogP contribution in [0.3, 0.4) is 0 Å². The molecule has 0 unspecified atom stereocenters. The molecule has 0 bridgehead atoms. The van der Waals surface area contributed by atoms with Gasteiger partial charge in [0.05, 0.1) is 9.80 Å². The van der Waals surface area contributed by atoms with Gasteiger partial charge >= 0.3 is 5.97 Å². The molecule has 0 aliphatic carbocycles. The Morgan fingerprint density at radius 2 is 1.78 bits per heavy atom. The minimum atomic E-state index is -3.77. The second kappa shape index (κ2) is 5.54. The number of halogens is 1. The minimum absolute atomic E-state index is 0.0457. The van der Waals surface area contributed by atoms with E-state index < -0.39 is 15.8 Å². The van der Waals surface area contributed by atoms with Crippen LogP contribution < -0.4 is 0 Å². The van der Waals surface area contributed by atoms with Crippen molar-refractivity contribution in [1.82, 2.24) is 0 Å². The van der Waals surface area contributed by atoms with Gasteiger partial charge in [-0.3, -0.25) is 0 Å². The van der Waals surface area contributed by atoms with Crippen molar-refractivity contribution in [3.8, 4) is 0 Å². The molecular formula is C12H13ClO4S. The second-order valence-electron chi connectivity index (χ2n) is 3.66. The SMILES string of the molecule is CC/C(=C(/C)C(=O)O)S(=O)(=O)c1ccc(Cl)cc1. The molecule has 98 valence electrons. The van der Waals surface area contributed by atoms with Gasteiger partial charge in [-0.25, -0.2) is 13.2 Å². The van der Waals surface area contributed by atoms with E-state index in [0.29, 0.717) is 5.02 Å². The number of benzene rings is 1. The molecule has 1 aromatic carbocycles. The van der Waals surface area contributed by atoms with Crippen LogP contribution in [-0.2, 0) is 14.6 Å². The summed E-state index contributed by atoms with van der Waals surface area (Å²) in [6.45, 7) is 2.89.